The number of carbonyl (C=O) groups excluding carboxylic acids is 1. The van der Waals surface area contributed by atoms with Crippen LogP contribution in [0.4, 0.5) is 11.4 Å². The molecule has 0 aliphatic carbocycles. The molecule has 0 spiro atoms. The topological polar surface area (TPSA) is 73.6 Å². The van der Waals surface area contributed by atoms with Crippen molar-refractivity contribution >= 4 is 17.3 Å². The van der Waals surface area contributed by atoms with Gasteiger partial charge in [-0.1, -0.05) is 32.9 Å². The van der Waals surface area contributed by atoms with Gasteiger partial charge in [-0.05, 0) is 41.7 Å². The number of ether oxygens (including phenoxy) is 2. The van der Waals surface area contributed by atoms with Crippen molar-refractivity contribution in [3.63, 3.8) is 0 Å². The molecule has 0 aromatic heterocycles. The number of anilines is 2. The average Bonchev–Trinajstić information content (AvgIpc) is 2.61. The Morgan fingerprint density at radius 3 is 2.44 bits per heavy atom. The summed E-state index contributed by atoms with van der Waals surface area (Å²) in [4.78, 5) is 12.1. The highest BCUT2D eigenvalue weighted by Gasteiger charge is 2.17. The Kier molecular flexibility index (Phi) is 5.91. The number of nitrogens with two attached hydrogens (primary N) is 1. The van der Waals surface area contributed by atoms with E-state index in [1.165, 1.54) is 12.7 Å². The minimum atomic E-state index is -0.263. The SMILES string of the molecule is CCC(C)(C)c1ccc(OCC(=O)Nc2ccc(N)cc2OC)cc1. The van der Waals surface area contributed by atoms with Gasteiger partial charge in [-0.3, -0.25) is 4.79 Å². The first-order valence-electron chi connectivity index (χ1n) is 8.32. The van der Waals surface area contributed by atoms with E-state index in [0.717, 1.165) is 6.42 Å². The van der Waals surface area contributed by atoms with Crippen molar-refractivity contribution in [3.05, 3.63) is 48.0 Å². The first-order valence-corrected chi connectivity index (χ1v) is 8.32. The molecule has 0 atom stereocenters. The number of nitrogen functional groups attached to an aromatic ring is 1. The van der Waals surface area contributed by atoms with E-state index in [2.05, 4.69) is 26.1 Å². The number of methoxy groups -OCH3 is 1. The molecule has 0 aliphatic heterocycles. The quantitative estimate of drug-likeness (QED) is 0.746. The second-order valence-corrected chi connectivity index (χ2v) is 6.56. The summed E-state index contributed by atoms with van der Waals surface area (Å²) in [7, 11) is 1.53. The fourth-order valence-electron chi connectivity index (χ4n) is 2.35. The van der Waals surface area contributed by atoms with E-state index in [-0.39, 0.29) is 17.9 Å². The van der Waals surface area contributed by atoms with E-state index in [4.69, 9.17) is 15.2 Å². The normalized spacial score (nSPS) is 11.0. The highest BCUT2D eigenvalue weighted by molar-refractivity contribution is 5.93. The number of rotatable bonds is 7. The van der Waals surface area contributed by atoms with Crippen LogP contribution >= 0.6 is 0 Å². The summed E-state index contributed by atoms with van der Waals surface area (Å²) in [5, 5.41) is 2.76. The first-order chi connectivity index (χ1) is 11.9. The van der Waals surface area contributed by atoms with Gasteiger partial charge < -0.3 is 20.5 Å². The minimum Gasteiger partial charge on any atom is -0.494 e. The van der Waals surface area contributed by atoms with Gasteiger partial charge in [0, 0.05) is 11.8 Å². The highest BCUT2D eigenvalue weighted by Crippen LogP contribution is 2.28. The largest absolute Gasteiger partial charge is 0.494 e. The maximum absolute atomic E-state index is 12.1. The van der Waals surface area contributed by atoms with Gasteiger partial charge in [-0.25, -0.2) is 0 Å². The molecule has 2 rings (SSSR count). The predicted octanol–water partition coefficient (Wildman–Crippen LogP) is 3.98. The first kappa shape index (κ1) is 18.6. The number of carbonyl (C=O) groups is 1. The number of hydrogen-bond donors (Lipinski definition) is 2. The Morgan fingerprint density at radius 2 is 1.84 bits per heavy atom. The summed E-state index contributed by atoms with van der Waals surface area (Å²) < 4.78 is 10.8. The van der Waals surface area contributed by atoms with Crippen LogP contribution in [-0.2, 0) is 10.2 Å². The van der Waals surface area contributed by atoms with Crippen LogP contribution in [-0.4, -0.2) is 19.6 Å². The molecule has 25 heavy (non-hydrogen) atoms. The van der Waals surface area contributed by atoms with Gasteiger partial charge in [0.25, 0.3) is 5.91 Å². The predicted molar refractivity (Wildman–Crippen MR) is 101 cm³/mol. The monoisotopic (exact) mass is 342 g/mol. The number of hydrogen-bond acceptors (Lipinski definition) is 4. The summed E-state index contributed by atoms with van der Waals surface area (Å²) >= 11 is 0. The van der Waals surface area contributed by atoms with Crippen molar-refractivity contribution in [2.45, 2.75) is 32.6 Å². The zero-order chi connectivity index (χ0) is 18.4. The van der Waals surface area contributed by atoms with Crippen LogP contribution in [0.15, 0.2) is 42.5 Å². The van der Waals surface area contributed by atoms with Crippen LogP contribution in [0.1, 0.15) is 32.8 Å². The van der Waals surface area contributed by atoms with Crippen LogP contribution in [0.25, 0.3) is 0 Å². The molecule has 3 N–H and O–H groups in total. The molecule has 5 heteroatoms. The lowest BCUT2D eigenvalue weighted by Crippen LogP contribution is -2.20. The van der Waals surface area contributed by atoms with E-state index >= 15 is 0 Å². The van der Waals surface area contributed by atoms with Gasteiger partial charge in [0.05, 0.1) is 12.8 Å². The van der Waals surface area contributed by atoms with Gasteiger partial charge in [-0.15, -0.1) is 0 Å². The fourth-order valence-corrected chi connectivity index (χ4v) is 2.35. The second-order valence-electron chi connectivity index (χ2n) is 6.56. The molecule has 2 aromatic carbocycles. The number of amides is 1. The Balaban J connectivity index is 1.94. The maximum Gasteiger partial charge on any atom is 0.262 e. The van der Waals surface area contributed by atoms with Crippen molar-refractivity contribution in [1.29, 1.82) is 0 Å². The molecule has 2 aromatic rings. The molecular formula is C20H26N2O3. The van der Waals surface area contributed by atoms with Crippen molar-refractivity contribution in [3.8, 4) is 11.5 Å². The molecule has 134 valence electrons. The van der Waals surface area contributed by atoms with Gasteiger partial charge in [-0.2, -0.15) is 0 Å². The summed E-state index contributed by atoms with van der Waals surface area (Å²) in [5.74, 6) is 0.913. The van der Waals surface area contributed by atoms with Crippen molar-refractivity contribution < 1.29 is 14.3 Å². The number of nitrogens with one attached hydrogen (secondary N) is 1. The minimum absolute atomic E-state index is 0.0793. The lowest BCUT2D eigenvalue weighted by atomic mass is 9.82. The van der Waals surface area contributed by atoms with Crippen LogP contribution in [0.2, 0.25) is 0 Å². The molecule has 0 bridgehead atoms. The summed E-state index contributed by atoms with van der Waals surface area (Å²) in [6, 6.07) is 12.9. The smallest absolute Gasteiger partial charge is 0.262 e. The van der Waals surface area contributed by atoms with E-state index < -0.39 is 0 Å². The van der Waals surface area contributed by atoms with Gasteiger partial charge in [0.2, 0.25) is 0 Å². The number of benzene rings is 2. The third kappa shape index (κ3) is 4.89. The van der Waals surface area contributed by atoms with Crippen LogP contribution < -0.4 is 20.5 Å². The molecule has 0 aliphatic rings. The molecule has 5 nitrogen and oxygen atoms in total. The third-order valence-corrected chi connectivity index (χ3v) is 4.39. The van der Waals surface area contributed by atoms with Crippen LogP contribution in [0.3, 0.4) is 0 Å². The Bertz CT molecular complexity index is 724. The van der Waals surface area contributed by atoms with Crippen molar-refractivity contribution in [1.82, 2.24) is 0 Å². The molecule has 0 saturated carbocycles. The molecular weight excluding hydrogens is 316 g/mol. The van der Waals surface area contributed by atoms with Crippen LogP contribution in [0.5, 0.6) is 11.5 Å². The highest BCUT2D eigenvalue weighted by atomic mass is 16.5. The van der Waals surface area contributed by atoms with E-state index in [1.54, 1.807) is 18.2 Å². The Hall–Kier alpha value is -2.69. The maximum atomic E-state index is 12.1. The molecule has 0 unspecified atom stereocenters. The fraction of sp³-hybridized carbons (Fsp3) is 0.350. The lowest BCUT2D eigenvalue weighted by molar-refractivity contribution is -0.118. The summed E-state index contributed by atoms with van der Waals surface area (Å²) in [6.07, 6.45) is 1.05. The summed E-state index contributed by atoms with van der Waals surface area (Å²) in [5.41, 5.74) is 8.21. The zero-order valence-electron chi connectivity index (χ0n) is 15.3. The molecule has 0 saturated heterocycles. The van der Waals surface area contributed by atoms with Crippen molar-refractivity contribution in [2.24, 2.45) is 0 Å². The van der Waals surface area contributed by atoms with Crippen molar-refractivity contribution in [2.75, 3.05) is 24.8 Å². The zero-order valence-corrected chi connectivity index (χ0v) is 15.3. The average molecular weight is 342 g/mol. The van der Waals surface area contributed by atoms with Gasteiger partial charge in [0.15, 0.2) is 6.61 Å². The van der Waals surface area contributed by atoms with E-state index in [1.807, 2.05) is 24.3 Å². The van der Waals surface area contributed by atoms with E-state index in [9.17, 15) is 4.79 Å². The molecule has 0 heterocycles. The third-order valence-electron chi connectivity index (χ3n) is 4.39. The standard InChI is InChI=1S/C20H26N2O3/c1-5-20(2,3)14-6-9-16(10-7-14)25-13-19(23)22-17-11-8-15(21)12-18(17)24-4/h6-12H,5,13,21H2,1-4H3,(H,22,23). The second kappa shape index (κ2) is 7.92. The summed E-state index contributed by atoms with van der Waals surface area (Å²) in [6.45, 7) is 6.50. The molecule has 1 amide bonds. The lowest BCUT2D eigenvalue weighted by Gasteiger charge is -2.23. The Labute approximate surface area is 149 Å². The molecule has 0 fully saturated rings. The van der Waals surface area contributed by atoms with E-state index in [0.29, 0.717) is 22.9 Å². The molecule has 0 radical (unpaired) electrons. The Morgan fingerprint density at radius 1 is 1.16 bits per heavy atom. The van der Waals surface area contributed by atoms with Crippen LogP contribution in [0, 0.1) is 0 Å². The van der Waals surface area contributed by atoms with Gasteiger partial charge in [0.1, 0.15) is 11.5 Å². The van der Waals surface area contributed by atoms with Gasteiger partial charge >= 0.3 is 0 Å².